The van der Waals surface area contributed by atoms with Gasteiger partial charge in [0.2, 0.25) is 5.91 Å². The molecule has 0 aromatic heterocycles. The molecule has 2 rings (SSSR count). The van der Waals surface area contributed by atoms with E-state index in [2.05, 4.69) is 20.7 Å². The molecule has 0 saturated carbocycles. The van der Waals surface area contributed by atoms with Gasteiger partial charge in [-0.1, -0.05) is 15.9 Å². The normalized spacial score (nSPS) is 19.2. The number of ether oxygens (including phenoxy) is 1. The van der Waals surface area contributed by atoms with Crippen molar-refractivity contribution in [3.05, 3.63) is 28.2 Å². The maximum Gasteiger partial charge on any atom is 0.311 e. The number of halogens is 1. The minimum absolute atomic E-state index is 0.0390. The van der Waals surface area contributed by atoms with Gasteiger partial charge in [-0.05, 0) is 30.7 Å². The van der Waals surface area contributed by atoms with Crippen molar-refractivity contribution < 1.29 is 14.3 Å². The minimum atomic E-state index is -0.359. The third kappa shape index (κ3) is 2.56. The van der Waals surface area contributed by atoms with E-state index in [1.165, 1.54) is 7.11 Å². The number of hydrogen-bond donors (Lipinski definition) is 0. The monoisotopic (exact) mass is 311 g/mol. The van der Waals surface area contributed by atoms with Gasteiger partial charge in [-0.3, -0.25) is 9.59 Å². The van der Waals surface area contributed by atoms with Crippen LogP contribution in [0.4, 0.5) is 5.69 Å². The van der Waals surface area contributed by atoms with E-state index in [9.17, 15) is 9.59 Å². The van der Waals surface area contributed by atoms with Gasteiger partial charge in [0.15, 0.2) is 0 Å². The molecule has 1 unspecified atom stereocenters. The van der Waals surface area contributed by atoms with Crippen molar-refractivity contribution in [2.75, 3.05) is 18.6 Å². The predicted octanol–water partition coefficient (Wildman–Crippen LogP) is 2.28. The lowest BCUT2D eigenvalue weighted by Crippen LogP contribution is -2.26. The Hall–Kier alpha value is -1.36. The molecule has 1 aromatic rings. The van der Waals surface area contributed by atoms with Gasteiger partial charge < -0.3 is 9.64 Å². The highest BCUT2D eigenvalue weighted by Gasteiger charge is 2.35. The lowest BCUT2D eigenvalue weighted by atomic mass is 10.1. The molecule has 5 heteroatoms. The number of benzene rings is 1. The molecule has 1 aliphatic heterocycles. The van der Waals surface area contributed by atoms with Crippen LogP contribution in [0, 0.1) is 12.8 Å². The van der Waals surface area contributed by atoms with E-state index in [1.807, 2.05) is 25.1 Å². The Morgan fingerprint density at radius 2 is 2.17 bits per heavy atom. The first-order chi connectivity index (χ1) is 8.51. The van der Waals surface area contributed by atoms with E-state index in [0.29, 0.717) is 6.54 Å². The number of nitrogens with zero attached hydrogens (tertiary/aromatic N) is 1. The first-order valence-corrected chi connectivity index (χ1v) is 6.46. The molecule has 0 N–H and O–H groups in total. The van der Waals surface area contributed by atoms with E-state index < -0.39 is 0 Å². The number of methoxy groups -OCH3 is 1. The summed E-state index contributed by atoms with van der Waals surface area (Å²) in [5, 5.41) is 0. The lowest BCUT2D eigenvalue weighted by Gasteiger charge is -2.17. The van der Waals surface area contributed by atoms with Crippen LogP contribution in [0.1, 0.15) is 12.0 Å². The standard InChI is InChI=1S/C13H14BrNO3/c1-8-3-10(14)6-11(4-8)15-7-9(5-12(15)16)13(17)18-2/h3-4,6,9H,5,7H2,1-2H3. The molecular formula is C13H14BrNO3. The largest absolute Gasteiger partial charge is 0.469 e. The van der Waals surface area contributed by atoms with Gasteiger partial charge in [0.25, 0.3) is 0 Å². The van der Waals surface area contributed by atoms with Crippen molar-refractivity contribution in [3.8, 4) is 0 Å². The summed E-state index contributed by atoms with van der Waals surface area (Å²) in [5.41, 5.74) is 1.88. The topological polar surface area (TPSA) is 46.6 Å². The number of anilines is 1. The fraction of sp³-hybridized carbons (Fsp3) is 0.385. The zero-order valence-electron chi connectivity index (χ0n) is 10.3. The molecule has 18 heavy (non-hydrogen) atoms. The zero-order valence-corrected chi connectivity index (χ0v) is 11.9. The summed E-state index contributed by atoms with van der Waals surface area (Å²) in [6.07, 6.45) is 0.220. The van der Waals surface area contributed by atoms with Crippen LogP contribution in [0.25, 0.3) is 0 Å². The number of aryl methyl sites for hydroxylation is 1. The fourth-order valence-corrected chi connectivity index (χ4v) is 2.75. The highest BCUT2D eigenvalue weighted by Crippen LogP contribution is 2.29. The van der Waals surface area contributed by atoms with Crippen LogP contribution in [0.5, 0.6) is 0 Å². The van der Waals surface area contributed by atoms with Crippen LogP contribution in [0.3, 0.4) is 0 Å². The number of hydrogen-bond acceptors (Lipinski definition) is 3. The van der Waals surface area contributed by atoms with Gasteiger partial charge in [-0.2, -0.15) is 0 Å². The molecule has 0 radical (unpaired) electrons. The Morgan fingerprint density at radius 3 is 2.78 bits per heavy atom. The molecule has 1 aliphatic rings. The van der Waals surface area contributed by atoms with Crippen LogP contribution in [-0.4, -0.2) is 25.5 Å². The van der Waals surface area contributed by atoms with Crippen molar-refractivity contribution in [2.24, 2.45) is 5.92 Å². The second kappa shape index (κ2) is 5.10. The predicted molar refractivity (Wildman–Crippen MR) is 71.4 cm³/mol. The number of carbonyl (C=O) groups excluding carboxylic acids is 2. The summed E-state index contributed by atoms with van der Waals surface area (Å²) in [4.78, 5) is 25.0. The summed E-state index contributed by atoms with van der Waals surface area (Å²) in [6.45, 7) is 2.36. The van der Waals surface area contributed by atoms with Crippen LogP contribution in [-0.2, 0) is 14.3 Å². The average Bonchev–Trinajstić information content (AvgIpc) is 2.69. The summed E-state index contributed by atoms with van der Waals surface area (Å²) in [5.74, 6) is -0.720. The van der Waals surface area contributed by atoms with Gasteiger partial charge in [0, 0.05) is 23.1 Å². The van der Waals surface area contributed by atoms with Crippen LogP contribution in [0.15, 0.2) is 22.7 Å². The summed E-state index contributed by atoms with van der Waals surface area (Å²) in [7, 11) is 1.35. The van der Waals surface area contributed by atoms with Gasteiger partial charge in [0.05, 0.1) is 13.0 Å². The summed E-state index contributed by atoms with van der Waals surface area (Å²) >= 11 is 3.41. The lowest BCUT2D eigenvalue weighted by molar-refractivity contribution is -0.145. The molecule has 1 atom stereocenters. The summed E-state index contributed by atoms with van der Waals surface area (Å²) in [6, 6.07) is 5.79. The second-order valence-corrected chi connectivity index (χ2v) is 5.33. The smallest absolute Gasteiger partial charge is 0.311 e. The van der Waals surface area contributed by atoms with Gasteiger partial charge in [0.1, 0.15) is 0 Å². The van der Waals surface area contributed by atoms with Crippen molar-refractivity contribution in [1.82, 2.24) is 0 Å². The van der Waals surface area contributed by atoms with Crippen LogP contribution < -0.4 is 4.90 Å². The first-order valence-electron chi connectivity index (χ1n) is 5.66. The van der Waals surface area contributed by atoms with Crippen molar-refractivity contribution >= 4 is 33.5 Å². The van der Waals surface area contributed by atoms with Crippen molar-refractivity contribution in [3.63, 3.8) is 0 Å². The fourth-order valence-electron chi connectivity index (χ4n) is 2.15. The minimum Gasteiger partial charge on any atom is -0.469 e. The third-order valence-corrected chi connectivity index (χ3v) is 3.46. The molecular weight excluding hydrogens is 298 g/mol. The third-order valence-electron chi connectivity index (χ3n) is 3.00. The molecule has 4 nitrogen and oxygen atoms in total. The van der Waals surface area contributed by atoms with Crippen molar-refractivity contribution in [1.29, 1.82) is 0 Å². The summed E-state index contributed by atoms with van der Waals surface area (Å²) < 4.78 is 5.61. The van der Waals surface area contributed by atoms with Gasteiger partial charge >= 0.3 is 5.97 Å². The van der Waals surface area contributed by atoms with E-state index in [0.717, 1.165) is 15.7 Å². The van der Waals surface area contributed by atoms with Gasteiger partial charge in [-0.15, -0.1) is 0 Å². The van der Waals surface area contributed by atoms with Crippen LogP contribution in [0.2, 0.25) is 0 Å². The van der Waals surface area contributed by atoms with E-state index in [4.69, 9.17) is 0 Å². The number of carbonyl (C=O) groups is 2. The highest BCUT2D eigenvalue weighted by molar-refractivity contribution is 9.10. The van der Waals surface area contributed by atoms with Crippen molar-refractivity contribution in [2.45, 2.75) is 13.3 Å². The molecule has 0 bridgehead atoms. The number of rotatable bonds is 2. The average molecular weight is 312 g/mol. The SMILES string of the molecule is COC(=O)C1CC(=O)N(c2cc(C)cc(Br)c2)C1. The number of esters is 1. The Kier molecular flexibility index (Phi) is 3.71. The molecule has 1 saturated heterocycles. The zero-order chi connectivity index (χ0) is 13.3. The molecule has 1 heterocycles. The van der Waals surface area contributed by atoms with E-state index in [-0.39, 0.29) is 24.2 Å². The Bertz CT molecular complexity index is 481. The molecule has 1 aromatic carbocycles. The van der Waals surface area contributed by atoms with Crippen LogP contribution >= 0.6 is 15.9 Å². The molecule has 1 fully saturated rings. The Morgan fingerprint density at radius 1 is 1.44 bits per heavy atom. The first kappa shape index (κ1) is 13.1. The quantitative estimate of drug-likeness (QED) is 0.787. The molecule has 0 aliphatic carbocycles. The Balaban J connectivity index is 2.24. The second-order valence-electron chi connectivity index (χ2n) is 4.42. The molecule has 1 amide bonds. The van der Waals surface area contributed by atoms with E-state index in [1.54, 1.807) is 4.90 Å². The highest BCUT2D eigenvalue weighted by atomic mass is 79.9. The van der Waals surface area contributed by atoms with Gasteiger partial charge in [-0.25, -0.2) is 0 Å². The maximum atomic E-state index is 11.9. The molecule has 0 spiro atoms. The number of amides is 1. The molecule has 96 valence electrons. The van der Waals surface area contributed by atoms with E-state index >= 15 is 0 Å². The maximum absolute atomic E-state index is 11.9. The Labute approximate surface area is 114 Å².